The molecule has 2 aliphatic rings. The van der Waals surface area contributed by atoms with Crippen LogP contribution in [0.15, 0.2) is 59.5 Å². The Labute approximate surface area is 239 Å². The van der Waals surface area contributed by atoms with Crippen molar-refractivity contribution in [3.05, 3.63) is 70.6 Å². The van der Waals surface area contributed by atoms with Gasteiger partial charge in [-0.05, 0) is 82.7 Å². The molecule has 4 aromatic rings. The number of benzene rings is 2. The van der Waals surface area contributed by atoms with Crippen LogP contribution < -0.4 is 25.8 Å². The number of likely N-dealkylation sites (N-methyl/N-ethyl adjacent to an activating group) is 1. The molecule has 10 nitrogen and oxygen atoms in total. The number of hydrogen-bond donors (Lipinski definition) is 3. The molecule has 2 aromatic heterocycles. The van der Waals surface area contributed by atoms with E-state index in [1.807, 2.05) is 63.5 Å². The summed E-state index contributed by atoms with van der Waals surface area (Å²) >= 11 is 0. The highest BCUT2D eigenvalue weighted by Crippen LogP contribution is 2.42. The number of nitrogens with one attached hydrogen (secondary N) is 2. The topological polar surface area (TPSA) is 108 Å². The van der Waals surface area contributed by atoms with Crippen LogP contribution in [-0.4, -0.2) is 70.5 Å². The number of aryl methyl sites for hydroxylation is 1. The summed E-state index contributed by atoms with van der Waals surface area (Å²) in [6.45, 7) is 6.72. The van der Waals surface area contributed by atoms with Crippen molar-refractivity contribution >= 4 is 39.7 Å². The molecule has 41 heavy (non-hydrogen) atoms. The minimum absolute atomic E-state index is 0.115. The van der Waals surface area contributed by atoms with Gasteiger partial charge in [-0.1, -0.05) is 12.1 Å². The number of rotatable bonds is 8. The number of aromatic nitrogens is 3. The van der Waals surface area contributed by atoms with Crippen molar-refractivity contribution in [3.63, 3.8) is 0 Å². The number of para-hydroxylation sites is 1. The van der Waals surface area contributed by atoms with Crippen molar-refractivity contribution in [2.45, 2.75) is 38.3 Å². The lowest BCUT2D eigenvalue weighted by Crippen LogP contribution is -2.46. The maximum atomic E-state index is 14.2. The van der Waals surface area contributed by atoms with Crippen molar-refractivity contribution in [3.8, 4) is 5.75 Å². The molecule has 214 valence electrons. The maximum Gasteiger partial charge on any atom is 0.276 e. The molecule has 1 aliphatic heterocycles. The van der Waals surface area contributed by atoms with E-state index >= 15 is 0 Å². The van der Waals surface area contributed by atoms with Gasteiger partial charge in [-0.3, -0.25) is 9.36 Å². The molecule has 0 amide bonds. The average molecular weight is 556 g/mol. The Balaban J connectivity index is 1.35. The zero-order chi connectivity index (χ0) is 28.7. The van der Waals surface area contributed by atoms with E-state index in [1.54, 1.807) is 10.8 Å². The second kappa shape index (κ2) is 10.7. The second-order valence-electron chi connectivity index (χ2n) is 11.6. The standard InChI is InChI=1S/C31H37N7O3/c1-20-6-5-7-25-27(20)32-12-13-37(25)26-16-21-19-33-30(34-22-8-10-24(11-9-22)41-15-14-36(3)4)35-28(21)38(29(26)39)23-17-31(2,40)18-23/h5-11,16,19,23,32,40H,12-15,17-18H2,1-4H3,(H,33,34,35). The van der Waals surface area contributed by atoms with Crippen LogP contribution in [-0.2, 0) is 0 Å². The highest BCUT2D eigenvalue weighted by molar-refractivity contribution is 5.85. The number of pyridine rings is 1. The minimum atomic E-state index is -0.796. The summed E-state index contributed by atoms with van der Waals surface area (Å²) in [5.41, 5.74) is 4.21. The Kier molecular flexibility index (Phi) is 7.04. The van der Waals surface area contributed by atoms with Gasteiger partial charge < -0.3 is 30.3 Å². The van der Waals surface area contributed by atoms with Gasteiger partial charge in [-0.15, -0.1) is 0 Å². The van der Waals surface area contributed by atoms with Gasteiger partial charge in [0.15, 0.2) is 0 Å². The molecule has 0 spiro atoms. The van der Waals surface area contributed by atoms with Gasteiger partial charge in [0.05, 0.1) is 17.0 Å². The first-order chi connectivity index (χ1) is 19.7. The van der Waals surface area contributed by atoms with Crippen LogP contribution in [0.3, 0.4) is 0 Å². The lowest BCUT2D eigenvalue weighted by molar-refractivity contribution is -0.0506. The number of hydrogen-bond acceptors (Lipinski definition) is 9. The van der Waals surface area contributed by atoms with Crippen molar-refractivity contribution in [1.29, 1.82) is 0 Å². The van der Waals surface area contributed by atoms with Crippen LogP contribution in [0.2, 0.25) is 0 Å². The Morgan fingerprint density at radius 3 is 2.68 bits per heavy atom. The second-order valence-corrected chi connectivity index (χ2v) is 11.6. The van der Waals surface area contributed by atoms with Gasteiger partial charge in [0.25, 0.3) is 5.56 Å². The fraction of sp³-hybridized carbons (Fsp3) is 0.387. The van der Waals surface area contributed by atoms with E-state index in [2.05, 4.69) is 38.4 Å². The molecule has 0 saturated heterocycles. The number of nitrogens with zero attached hydrogens (tertiary/aromatic N) is 5. The van der Waals surface area contributed by atoms with E-state index in [-0.39, 0.29) is 11.6 Å². The van der Waals surface area contributed by atoms with Crippen LogP contribution in [0.5, 0.6) is 5.75 Å². The van der Waals surface area contributed by atoms with Crippen LogP contribution >= 0.6 is 0 Å². The lowest BCUT2D eigenvalue weighted by atomic mass is 9.77. The molecular formula is C31H37N7O3. The van der Waals surface area contributed by atoms with Crippen LogP contribution in [0.1, 0.15) is 31.4 Å². The molecule has 10 heteroatoms. The number of fused-ring (bicyclic) bond motifs is 2. The monoisotopic (exact) mass is 555 g/mol. The summed E-state index contributed by atoms with van der Waals surface area (Å²) in [4.78, 5) is 27.7. The Morgan fingerprint density at radius 2 is 1.95 bits per heavy atom. The number of aliphatic hydroxyl groups is 1. The summed E-state index contributed by atoms with van der Waals surface area (Å²) in [6.07, 6.45) is 2.74. The number of ether oxygens (including phenoxy) is 1. The zero-order valence-corrected chi connectivity index (χ0v) is 24.0. The molecule has 2 aromatic carbocycles. The molecule has 1 aliphatic carbocycles. The largest absolute Gasteiger partial charge is 0.492 e. The van der Waals surface area contributed by atoms with Gasteiger partial charge >= 0.3 is 0 Å². The highest BCUT2D eigenvalue weighted by atomic mass is 16.5. The molecule has 1 saturated carbocycles. The first kappa shape index (κ1) is 27.0. The molecule has 0 bridgehead atoms. The molecule has 6 rings (SSSR count). The predicted molar refractivity (Wildman–Crippen MR) is 163 cm³/mol. The maximum absolute atomic E-state index is 14.2. The summed E-state index contributed by atoms with van der Waals surface area (Å²) in [5, 5.41) is 18.1. The normalized spacial score (nSPS) is 20.0. The van der Waals surface area contributed by atoms with E-state index in [0.29, 0.717) is 43.3 Å². The fourth-order valence-corrected chi connectivity index (χ4v) is 5.72. The van der Waals surface area contributed by atoms with Crippen molar-refractivity contribution in [1.82, 2.24) is 19.4 Å². The lowest BCUT2D eigenvalue weighted by Gasteiger charge is -2.42. The number of anilines is 5. The van der Waals surface area contributed by atoms with Gasteiger partial charge in [0, 0.05) is 42.9 Å². The minimum Gasteiger partial charge on any atom is -0.492 e. The fourth-order valence-electron chi connectivity index (χ4n) is 5.72. The van der Waals surface area contributed by atoms with E-state index in [0.717, 1.165) is 46.9 Å². The SMILES string of the molecule is Cc1cccc2c1NCCN2c1cc2cnc(Nc3ccc(OCCN(C)C)cc3)nc2n(C2CC(C)(O)C2)c1=O. The van der Waals surface area contributed by atoms with E-state index < -0.39 is 5.60 Å². The van der Waals surface area contributed by atoms with Crippen LogP contribution in [0.4, 0.5) is 28.7 Å². The summed E-state index contributed by atoms with van der Waals surface area (Å²) in [6, 6.07) is 15.5. The van der Waals surface area contributed by atoms with Gasteiger partial charge in [0.1, 0.15) is 23.7 Å². The molecule has 1 fully saturated rings. The van der Waals surface area contributed by atoms with Crippen LogP contribution in [0, 0.1) is 6.92 Å². The van der Waals surface area contributed by atoms with Crippen molar-refractivity contribution in [2.24, 2.45) is 0 Å². The molecule has 0 atom stereocenters. The van der Waals surface area contributed by atoms with Gasteiger partial charge in [-0.2, -0.15) is 4.98 Å². The first-order valence-corrected chi connectivity index (χ1v) is 14.1. The van der Waals surface area contributed by atoms with Crippen molar-refractivity contribution in [2.75, 3.05) is 55.9 Å². The third kappa shape index (κ3) is 5.45. The summed E-state index contributed by atoms with van der Waals surface area (Å²) in [5.74, 6) is 1.19. The van der Waals surface area contributed by atoms with E-state index in [4.69, 9.17) is 9.72 Å². The zero-order valence-electron chi connectivity index (χ0n) is 24.0. The van der Waals surface area contributed by atoms with E-state index in [9.17, 15) is 9.90 Å². The highest BCUT2D eigenvalue weighted by Gasteiger charge is 2.41. The Bertz CT molecular complexity index is 1620. The third-order valence-electron chi connectivity index (χ3n) is 7.86. The first-order valence-electron chi connectivity index (χ1n) is 14.1. The smallest absolute Gasteiger partial charge is 0.276 e. The predicted octanol–water partition coefficient (Wildman–Crippen LogP) is 4.43. The van der Waals surface area contributed by atoms with Gasteiger partial charge in [0.2, 0.25) is 5.95 Å². The average Bonchev–Trinajstić information content (AvgIpc) is 2.92. The van der Waals surface area contributed by atoms with E-state index in [1.165, 1.54) is 0 Å². The molecule has 0 radical (unpaired) electrons. The molecule has 0 unspecified atom stereocenters. The molecule has 3 heterocycles. The summed E-state index contributed by atoms with van der Waals surface area (Å²) < 4.78 is 7.55. The summed E-state index contributed by atoms with van der Waals surface area (Å²) in [7, 11) is 4.03. The Morgan fingerprint density at radius 1 is 1.17 bits per heavy atom. The quantitative estimate of drug-likeness (QED) is 0.291. The van der Waals surface area contributed by atoms with Crippen LogP contribution in [0.25, 0.3) is 11.0 Å². The molecular weight excluding hydrogens is 518 g/mol. The molecule has 3 N–H and O–H groups in total. The third-order valence-corrected chi connectivity index (χ3v) is 7.86. The Hall–Kier alpha value is -4.15. The van der Waals surface area contributed by atoms with Gasteiger partial charge in [-0.25, -0.2) is 4.98 Å². The van der Waals surface area contributed by atoms with Crippen molar-refractivity contribution < 1.29 is 9.84 Å².